The lowest BCUT2D eigenvalue weighted by Gasteiger charge is -2.37. The zero-order chi connectivity index (χ0) is 23.0. The van der Waals surface area contributed by atoms with Crippen molar-refractivity contribution in [1.82, 2.24) is 9.21 Å². The second-order valence-corrected chi connectivity index (χ2v) is 11.4. The second-order valence-electron chi connectivity index (χ2n) is 9.52. The predicted molar refractivity (Wildman–Crippen MR) is 123 cm³/mol. The number of benzene rings is 1. The first-order chi connectivity index (χ1) is 15.2. The fraction of sp³-hybridized carbons (Fsp3) is 0.625. The normalized spacial score (nSPS) is 26.3. The summed E-state index contributed by atoms with van der Waals surface area (Å²) in [7, 11) is -2.06. The SMILES string of the molecule is C[C@@H]1CN([C@H](C)CO)S(=O)(=O)c2ccc(C3=CCCC3)cc2O[C@@H]1CN(C)C(=O)C1CC1. The van der Waals surface area contributed by atoms with Crippen molar-refractivity contribution in [2.45, 2.75) is 63.0 Å². The Morgan fingerprint density at radius 1 is 1.34 bits per heavy atom. The minimum Gasteiger partial charge on any atom is -0.487 e. The quantitative estimate of drug-likeness (QED) is 0.702. The minimum absolute atomic E-state index is 0.114. The highest BCUT2D eigenvalue weighted by Gasteiger charge is 2.39. The molecule has 0 bridgehead atoms. The largest absolute Gasteiger partial charge is 0.487 e. The van der Waals surface area contributed by atoms with Gasteiger partial charge in [0.15, 0.2) is 0 Å². The lowest BCUT2D eigenvalue weighted by Crippen LogP contribution is -2.50. The van der Waals surface area contributed by atoms with Gasteiger partial charge in [0.25, 0.3) is 0 Å². The van der Waals surface area contributed by atoms with Gasteiger partial charge in [-0.15, -0.1) is 0 Å². The van der Waals surface area contributed by atoms with Crippen LogP contribution in [0.2, 0.25) is 0 Å². The molecule has 0 saturated heterocycles. The van der Waals surface area contributed by atoms with Gasteiger partial charge in [0.2, 0.25) is 15.9 Å². The first-order valence-corrected chi connectivity index (χ1v) is 13.0. The lowest BCUT2D eigenvalue weighted by molar-refractivity contribution is -0.132. The Bertz CT molecular complexity index is 1000. The number of rotatable bonds is 6. The Hall–Kier alpha value is -1.90. The molecule has 1 amide bonds. The van der Waals surface area contributed by atoms with Gasteiger partial charge in [0.05, 0.1) is 13.2 Å². The fourth-order valence-corrected chi connectivity index (χ4v) is 6.40. The molecule has 3 aliphatic rings. The van der Waals surface area contributed by atoms with Crippen LogP contribution in [0.5, 0.6) is 5.75 Å². The fourth-order valence-electron chi connectivity index (χ4n) is 4.58. The first-order valence-electron chi connectivity index (χ1n) is 11.6. The smallest absolute Gasteiger partial charge is 0.247 e. The zero-order valence-corrected chi connectivity index (χ0v) is 20.0. The van der Waals surface area contributed by atoms with Crippen LogP contribution in [0.3, 0.4) is 0 Å². The molecule has 1 fully saturated rings. The van der Waals surface area contributed by atoms with E-state index < -0.39 is 16.1 Å². The van der Waals surface area contributed by atoms with E-state index in [0.29, 0.717) is 12.3 Å². The molecule has 0 radical (unpaired) electrons. The number of carbonyl (C=O) groups is 1. The van der Waals surface area contributed by atoms with Gasteiger partial charge in [-0.25, -0.2) is 8.42 Å². The third-order valence-corrected chi connectivity index (χ3v) is 8.86. The van der Waals surface area contributed by atoms with Crippen molar-refractivity contribution in [2.75, 3.05) is 26.7 Å². The Morgan fingerprint density at radius 3 is 2.72 bits per heavy atom. The summed E-state index contributed by atoms with van der Waals surface area (Å²) in [6, 6.07) is 4.75. The molecule has 8 heteroatoms. The molecule has 1 aromatic carbocycles. The summed E-state index contributed by atoms with van der Waals surface area (Å²) in [5.41, 5.74) is 2.19. The molecule has 176 valence electrons. The van der Waals surface area contributed by atoms with Gasteiger partial charge in [-0.3, -0.25) is 4.79 Å². The Labute approximate surface area is 191 Å². The molecule has 32 heavy (non-hydrogen) atoms. The highest BCUT2D eigenvalue weighted by atomic mass is 32.2. The van der Waals surface area contributed by atoms with E-state index in [2.05, 4.69) is 6.08 Å². The average molecular weight is 463 g/mol. The van der Waals surface area contributed by atoms with Gasteiger partial charge in [-0.1, -0.05) is 19.1 Å². The van der Waals surface area contributed by atoms with Crippen LogP contribution in [0, 0.1) is 11.8 Å². The number of allylic oxidation sites excluding steroid dienone is 2. The van der Waals surface area contributed by atoms with E-state index in [4.69, 9.17) is 4.74 Å². The van der Waals surface area contributed by atoms with Crippen LogP contribution in [-0.2, 0) is 14.8 Å². The van der Waals surface area contributed by atoms with Crippen molar-refractivity contribution in [3.05, 3.63) is 29.8 Å². The minimum atomic E-state index is -3.85. The van der Waals surface area contributed by atoms with Gasteiger partial charge >= 0.3 is 0 Å². The molecule has 1 aromatic rings. The molecule has 2 aliphatic carbocycles. The Kier molecular flexibility index (Phi) is 6.66. The molecule has 3 atom stereocenters. The van der Waals surface area contributed by atoms with E-state index in [0.717, 1.165) is 37.7 Å². The van der Waals surface area contributed by atoms with Gasteiger partial charge < -0.3 is 14.7 Å². The Balaban J connectivity index is 1.73. The van der Waals surface area contributed by atoms with Gasteiger partial charge in [0, 0.05) is 31.5 Å². The number of ether oxygens (including phenoxy) is 1. The Morgan fingerprint density at radius 2 is 2.09 bits per heavy atom. The van der Waals surface area contributed by atoms with Crippen LogP contribution < -0.4 is 4.74 Å². The van der Waals surface area contributed by atoms with Crippen molar-refractivity contribution >= 4 is 21.5 Å². The third-order valence-electron chi connectivity index (χ3n) is 6.84. The lowest BCUT2D eigenvalue weighted by atomic mass is 10.0. The monoisotopic (exact) mass is 462 g/mol. The molecule has 1 saturated carbocycles. The van der Waals surface area contributed by atoms with Gasteiger partial charge in [-0.2, -0.15) is 4.31 Å². The van der Waals surface area contributed by atoms with Crippen molar-refractivity contribution in [3.63, 3.8) is 0 Å². The number of sulfonamides is 1. The maximum atomic E-state index is 13.5. The standard InChI is InChI=1S/C24H34N2O5S/c1-16-13-26(17(2)15-27)32(29,30)23-11-10-20(18-6-4-5-7-18)12-21(23)31-22(16)14-25(3)24(28)19-8-9-19/h6,10-12,16-17,19,22,27H,4-5,7-9,13-15H2,1-3H3/t16-,17-,22-/m1/s1. The zero-order valence-electron chi connectivity index (χ0n) is 19.2. The summed E-state index contributed by atoms with van der Waals surface area (Å²) >= 11 is 0. The first kappa shape index (κ1) is 23.3. The summed E-state index contributed by atoms with van der Waals surface area (Å²) in [6.45, 7) is 4.00. The van der Waals surface area contributed by atoms with Crippen molar-refractivity contribution in [3.8, 4) is 5.75 Å². The maximum Gasteiger partial charge on any atom is 0.247 e. The highest BCUT2D eigenvalue weighted by Crippen LogP contribution is 2.38. The van der Waals surface area contributed by atoms with Crippen molar-refractivity contribution < 1.29 is 23.1 Å². The van der Waals surface area contributed by atoms with E-state index >= 15 is 0 Å². The highest BCUT2D eigenvalue weighted by molar-refractivity contribution is 7.89. The molecular weight excluding hydrogens is 428 g/mol. The van der Waals surface area contributed by atoms with Crippen molar-refractivity contribution in [1.29, 1.82) is 0 Å². The number of likely N-dealkylation sites (N-methyl/N-ethyl adjacent to an activating group) is 1. The van der Waals surface area contributed by atoms with Crippen LogP contribution in [-0.4, -0.2) is 67.5 Å². The number of hydrogen-bond acceptors (Lipinski definition) is 5. The molecule has 1 aliphatic heterocycles. The van der Waals surface area contributed by atoms with Crippen LogP contribution in [0.4, 0.5) is 0 Å². The van der Waals surface area contributed by atoms with E-state index in [9.17, 15) is 18.3 Å². The molecule has 1 N–H and O–H groups in total. The molecule has 7 nitrogen and oxygen atoms in total. The van der Waals surface area contributed by atoms with Crippen LogP contribution in [0.25, 0.3) is 5.57 Å². The number of fused-ring (bicyclic) bond motifs is 1. The third kappa shape index (κ3) is 4.58. The molecule has 1 heterocycles. The van der Waals surface area contributed by atoms with E-state index in [1.807, 2.05) is 19.1 Å². The number of carbonyl (C=O) groups excluding carboxylic acids is 1. The van der Waals surface area contributed by atoms with Crippen LogP contribution >= 0.6 is 0 Å². The second kappa shape index (κ2) is 9.15. The summed E-state index contributed by atoms with van der Waals surface area (Å²) in [5, 5.41) is 9.76. The summed E-state index contributed by atoms with van der Waals surface area (Å²) in [4.78, 5) is 14.4. The molecule has 0 unspecified atom stereocenters. The number of aliphatic hydroxyl groups excluding tert-OH is 1. The van der Waals surface area contributed by atoms with Crippen molar-refractivity contribution in [2.24, 2.45) is 11.8 Å². The van der Waals surface area contributed by atoms with Crippen LogP contribution in [0.1, 0.15) is 51.5 Å². The summed E-state index contributed by atoms with van der Waals surface area (Å²) in [5.74, 6) is 0.398. The molecule has 0 spiro atoms. The average Bonchev–Trinajstić information content (AvgIpc) is 3.48. The number of nitrogens with zero attached hydrogens (tertiary/aromatic N) is 2. The summed E-state index contributed by atoms with van der Waals surface area (Å²) in [6.07, 6.45) is 6.80. The van der Waals surface area contributed by atoms with Gasteiger partial charge in [-0.05, 0) is 62.3 Å². The van der Waals surface area contributed by atoms with Gasteiger partial charge in [0.1, 0.15) is 16.7 Å². The molecule has 0 aromatic heterocycles. The van der Waals surface area contributed by atoms with E-state index in [1.54, 1.807) is 24.9 Å². The van der Waals surface area contributed by atoms with Crippen LogP contribution in [0.15, 0.2) is 29.2 Å². The maximum absolute atomic E-state index is 13.5. The number of aliphatic hydroxyl groups is 1. The molecule has 4 rings (SSSR count). The topological polar surface area (TPSA) is 87.2 Å². The van der Waals surface area contributed by atoms with E-state index in [1.165, 1.54) is 9.88 Å². The molecular formula is C24H34N2O5S. The number of hydrogen-bond donors (Lipinski definition) is 1. The predicted octanol–water partition coefficient (Wildman–Crippen LogP) is 2.89. The summed E-state index contributed by atoms with van der Waals surface area (Å²) < 4.78 is 34.8. The number of amides is 1. The van der Waals surface area contributed by atoms with E-state index in [-0.39, 0.29) is 41.9 Å².